The molecule has 0 saturated heterocycles. The van der Waals surface area contributed by atoms with E-state index in [4.69, 9.17) is 0 Å². The SMILES string of the molecule is C[C@H]1[C@H](C)CCC[C@@H]1NC(=O)[C@H](Cc1ccccc1)NS(=O)(=O)c1ccc(Br)cc1. The number of hydrogen-bond donors (Lipinski definition) is 2. The second-order valence-corrected chi connectivity index (χ2v) is 10.8. The van der Waals surface area contributed by atoms with Crippen LogP contribution in [-0.2, 0) is 21.2 Å². The van der Waals surface area contributed by atoms with E-state index in [1.807, 2.05) is 30.3 Å². The van der Waals surface area contributed by atoms with E-state index >= 15 is 0 Å². The third kappa shape index (κ3) is 5.93. The summed E-state index contributed by atoms with van der Waals surface area (Å²) in [7, 11) is -3.84. The monoisotopic (exact) mass is 492 g/mol. The smallest absolute Gasteiger partial charge is 0.241 e. The summed E-state index contributed by atoms with van der Waals surface area (Å²) < 4.78 is 29.3. The zero-order valence-corrected chi connectivity index (χ0v) is 19.7. The largest absolute Gasteiger partial charge is 0.352 e. The van der Waals surface area contributed by atoms with Gasteiger partial charge < -0.3 is 5.32 Å². The highest BCUT2D eigenvalue weighted by molar-refractivity contribution is 9.10. The van der Waals surface area contributed by atoms with Crippen LogP contribution >= 0.6 is 15.9 Å². The van der Waals surface area contributed by atoms with E-state index in [9.17, 15) is 13.2 Å². The maximum atomic E-state index is 13.2. The van der Waals surface area contributed by atoms with E-state index in [0.717, 1.165) is 29.3 Å². The van der Waals surface area contributed by atoms with Crippen molar-refractivity contribution in [2.75, 3.05) is 0 Å². The maximum Gasteiger partial charge on any atom is 0.241 e. The first-order chi connectivity index (χ1) is 14.3. The van der Waals surface area contributed by atoms with Gasteiger partial charge in [0.1, 0.15) is 6.04 Å². The van der Waals surface area contributed by atoms with Crippen LogP contribution in [-0.4, -0.2) is 26.4 Å². The summed E-state index contributed by atoms with van der Waals surface area (Å²) in [5.74, 6) is 0.629. The molecule has 2 aromatic carbocycles. The van der Waals surface area contributed by atoms with Gasteiger partial charge in [0.25, 0.3) is 0 Å². The van der Waals surface area contributed by atoms with Crippen LogP contribution in [0.25, 0.3) is 0 Å². The minimum absolute atomic E-state index is 0.0664. The van der Waals surface area contributed by atoms with Crippen LogP contribution in [0.5, 0.6) is 0 Å². The molecule has 0 heterocycles. The van der Waals surface area contributed by atoms with Crippen molar-refractivity contribution in [2.24, 2.45) is 11.8 Å². The number of sulfonamides is 1. The van der Waals surface area contributed by atoms with Crippen LogP contribution in [0, 0.1) is 11.8 Å². The quantitative estimate of drug-likeness (QED) is 0.605. The molecule has 2 aromatic rings. The first kappa shape index (κ1) is 23.0. The number of carbonyl (C=O) groups excluding carboxylic acids is 1. The third-order valence-corrected chi connectivity index (χ3v) is 8.07. The van der Waals surface area contributed by atoms with Crippen molar-refractivity contribution in [2.45, 2.75) is 56.5 Å². The predicted octanol–water partition coefficient (Wildman–Crippen LogP) is 4.28. The fourth-order valence-electron chi connectivity index (χ4n) is 3.98. The lowest BCUT2D eigenvalue weighted by Crippen LogP contribution is -2.53. The van der Waals surface area contributed by atoms with Crippen LogP contribution in [0.1, 0.15) is 38.7 Å². The summed E-state index contributed by atoms with van der Waals surface area (Å²) >= 11 is 3.32. The zero-order chi connectivity index (χ0) is 21.7. The van der Waals surface area contributed by atoms with Gasteiger partial charge in [0.05, 0.1) is 4.90 Å². The van der Waals surface area contributed by atoms with Crippen molar-refractivity contribution >= 4 is 31.9 Å². The lowest BCUT2D eigenvalue weighted by atomic mass is 9.78. The van der Waals surface area contributed by atoms with Crippen molar-refractivity contribution in [3.63, 3.8) is 0 Å². The Morgan fingerprint density at radius 3 is 2.40 bits per heavy atom. The predicted molar refractivity (Wildman–Crippen MR) is 123 cm³/mol. The van der Waals surface area contributed by atoms with Gasteiger partial charge in [0.15, 0.2) is 0 Å². The summed E-state index contributed by atoms with van der Waals surface area (Å²) in [6.07, 6.45) is 3.45. The second kappa shape index (κ2) is 10.1. The summed E-state index contributed by atoms with van der Waals surface area (Å²) in [6.45, 7) is 4.37. The Bertz CT molecular complexity index is 948. The van der Waals surface area contributed by atoms with Gasteiger partial charge in [-0.1, -0.05) is 73.0 Å². The Morgan fingerprint density at radius 1 is 1.07 bits per heavy atom. The van der Waals surface area contributed by atoms with E-state index in [1.54, 1.807) is 12.1 Å². The highest BCUT2D eigenvalue weighted by Gasteiger charge is 2.32. The fraction of sp³-hybridized carbons (Fsp3) is 0.435. The van der Waals surface area contributed by atoms with E-state index in [-0.39, 0.29) is 16.8 Å². The number of rotatable bonds is 7. The Balaban J connectivity index is 1.80. The molecule has 2 N–H and O–H groups in total. The summed E-state index contributed by atoms with van der Waals surface area (Å²) in [4.78, 5) is 13.3. The highest BCUT2D eigenvalue weighted by atomic mass is 79.9. The molecule has 0 aromatic heterocycles. The summed E-state index contributed by atoms with van der Waals surface area (Å²) in [5.41, 5.74) is 0.904. The topological polar surface area (TPSA) is 75.3 Å². The number of benzene rings is 2. The van der Waals surface area contributed by atoms with E-state index in [1.165, 1.54) is 12.1 Å². The van der Waals surface area contributed by atoms with Crippen molar-refractivity contribution in [3.8, 4) is 0 Å². The minimum atomic E-state index is -3.84. The summed E-state index contributed by atoms with van der Waals surface area (Å²) in [5, 5.41) is 3.13. The molecule has 1 aliphatic rings. The molecule has 0 bridgehead atoms. The van der Waals surface area contributed by atoms with Gasteiger partial charge in [0, 0.05) is 10.5 Å². The maximum absolute atomic E-state index is 13.2. The number of carbonyl (C=O) groups is 1. The highest BCUT2D eigenvalue weighted by Crippen LogP contribution is 2.29. The molecule has 30 heavy (non-hydrogen) atoms. The molecular weight excluding hydrogens is 464 g/mol. The first-order valence-electron chi connectivity index (χ1n) is 10.4. The van der Waals surface area contributed by atoms with Crippen LogP contribution in [0.3, 0.4) is 0 Å². The van der Waals surface area contributed by atoms with Crippen LogP contribution in [0.4, 0.5) is 0 Å². The summed E-state index contributed by atoms with van der Waals surface area (Å²) in [6, 6.07) is 15.1. The number of halogens is 1. The Kier molecular flexibility index (Phi) is 7.71. The lowest BCUT2D eigenvalue weighted by Gasteiger charge is -2.35. The number of nitrogens with one attached hydrogen (secondary N) is 2. The minimum Gasteiger partial charge on any atom is -0.352 e. The van der Waals surface area contributed by atoms with Gasteiger partial charge >= 0.3 is 0 Å². The average Bonchev–Trinajstić information content (AvgIpc) is 2.72. The lowest BCUT2D eigenvalue weighted by molar-refractivity contribution is -0.124. The molecule has 5 nitrogen and oxygen atoms in total. The molecule has 1 amide bonds. The molecule has 3 rings (SSSR count). The Morgan fingerprint density at radius 2 is 1.73 bits per heavy atom. The Labute approximate surface area is 187 Å². The van der Waals surface area contributed by atoms with Crippen molar-refractivity contribution in [1.82, 2.24) is 10.0 Å². The van der Waals surface area contributed by atoms with Gasteiger partial charge in [-0.05, 0) is 54.5 Å². The second-order valence-electron chi connectivity index (χ2n) is 8.20. The molecule has 1 fully saturated rings. The average molecular weight is 493 g/mol. The van der Waals surface area contributed by atoms with Crippen molar-refractivity contribution in [3.05, 3.63) is 64.6 Å². The Hall–Kier alpha value is -1.70. The molecule has 162 valence electrons. The normalized spacial score (nSPS) is 23.0. The molecule has 7 heteroatoms. The first-order valence-corrected chi connectivity index (χ1v) is 12.7. The third-order valence-electron chi connectivity index (χ3n) is 6.05. The number of hydrogen-bond acceptors (Lipinski definition) is 3. The molecule has 0 unspecified atom stereocenters. The van der Waals surface area contributed by atoms with Gasteiger partial charge in [0.2, 0.25) is 15.9 Å². The van der Waals surface area contributed by atoms with Crippen LogP contribution in [0.15, 0.2) is 64.0 Å². The van der Waals surface area contributed by atoms with Crippen molar-refractivity contribution in [1.29, 1.82) is 0 Å². The van der Waals surface area contributed by atoms with Gasteiger partial charge in [-0.3, -0.25) is 4.79 Å². The van der Waals surface area contributed by atoms with E-state index in [0.29, 0.717) is 18.3 Å². The fourth-order valence-corrected chi connectivity index (χ4v) is 5.44. The van der Waals surface area contributed by atoms with Gasteiger partial charge in [-0.25, -0.2) is 8.42 Å². The molecule has 1 aliphatic carbocycles. The molecular formula is C23H29BrN2O3S. The van der Waals surface area contributed by atoms with Crippen molar-refractivity contribution < 1.29 is 13.2 Å². The van der Waals surface area contributed by atoms with E-state index in [2.05, 4.69) is 39.8 Å². The standard InChI is InChI=1S/C23H29BrN2O3S/c1-16-7-6-10-21(17(16)2)25-23(27)22(15-18-8-4-3-5-9-18)26-30(28,29)20-13-11-19(24)12-14-20/h3-5,8-9,11-14,16-17,21-22,26H,6-7,10,15H2,1-2H3,(H,25,27)/t16-,17+,21+,22+/m1/s1. The van der Waals surface area contributed by atoms with Crippen LogP contribution < -0.4 is 10.0 Å². The zero-order valence-electron chi connectivity index (χ0n) is 17.3. The molecule has 0 radical (unpaired) electrons. The number of amides is 1. The van der Waals surface area contributed by atoms with Gasteiger partial charge in [-0.2, -0.15) is 4.72 Å². The molecule has 0 spiro atoms. The molecule has 0 aliphatic heterocycles. The molecule has 4 atom stereocenters. The van der Waals surface area contributed by atoms with E-state index < -0.39 is 16.1 Å². The van der Waals surface area contributed by atoms with Crippen LogP contribution in [0.2, 0.25) is 0 Å². The molecule has 1 saturated carbocycles. The van der Waals surface area contributed by atoms with Gasteiger partial charge in [-0.15, -0.1) is 0 Å².